The first-order chi connectivity index (χ1) is 37.3. The highest BCUT2D eigenvalue weighted by Crippen LogP contribution is 2.42. The van der Waals surface area contributed by atoms with Crippen LogP contribution in [0.4, 0.5) is 0 Å². The van der Waals surface area contributed by atoms with Crippen molar-refractivity contribution in [2.24, 2.45) is 0 Å². The number of allylic oxidation sites excluding steroid dienone is 4. The first-order valence-electron chi connectivity index (χ1n) is 28.6. The molecule has 8 rings (SSSR count). The Hall–Kier alpha value is -6.68. The van der Waals surface area contributed by atoms with Gasteiger partial charge in [-0.05, 0) is 216 Å². The molecule has 76 heavy (non-hydrogen) atoms. The smallest absolute Gasteiger partial charge is 0.205 e. The number of aryl methyl sites for hydroxylation is 6. The number of hydrogen-bond donors (Lipinski definition) is 2. The molecular formula is C68H76N6S2. The largest absolute Gasteiger partial charge is 0.355 e. The van der Waals surface area contributed by atoms with Gasteiger partial charge in [0.1, 0.15) is 0 Å². The molecule has 2 aliphatic rings. The topological polar surface area (TPSA) is 83.1 Å². The summed E-state index contributed by atoms with van der Waals surface area (Å²) in [7, 11) is 0. The molecule has 0 radical (unpaired) electrons. The van der Waals surface area contributed by atoms with Crippen molar-refractivity contribution in [3.63, 3.8) is 0 Å². The van der Waals surface area contributed by atoms with Crippen LogP contribution in [0.1, 0.15) is 224 Å². The monoisotopic (exact) mass is 1040 g/mol. The van der Waals surface area contributed by atoms with Crippen LogP contribution in [-0.2, 0) is 38.5 Å². The predicted octanol–water partition coefficient (Wildman–Crippen LogP) is 17.7. The summed E-state index contributed by atoms with van der Waals surface area (Å²) in [5.41, 5.74) is 22.4. The second-order valence-corrected chi connectivity index (χ2v) is 21.8. The van der Waals surface area contributed by atoms with Gasteiger partial charge in [0.2, 0.25) is 5.82 Å². The summed E-state index contributed by atoms with van der Waals surface area (Å²) < 4.78 is 0. The van der Waals surface area contributed by atoms with Gasteiger partial charge in [-0.1, -0.05) is 108 Å². The fourth-order valence-electron chi connectivity index (χ4n) is 11.2. The van der Waals surface area contributed by atoms with Crippen LogP contribution in [0.2, 0.25) is 0 Å². The van der Waals surface area contributed by atoms with E-state index in [9.17, 15) is 0 Å². The Kier molecular flexibility index (Phi) is 19.6. The minimum atomic E-state index is 0.480. The lowest BCUT2D eigenvalue weighted by Crippen LogP contribution is -1.95. The standard InChI is InChI=1S/C68H76N6S2/c1-11-21-23-25-32-45-40-64(65-41-46(33-26-24-22-12-2)63(76-65)36-29-30-37-66-69-38-31-39-70-66)75-62(45)35-28-27-34-55-67-53(19-9)51(17-7)60(73-67)43-58-49(15-5)47(13-3)56(71-58)42-57-48(14-4)50(16-6)59(72-57)44-61-52(18-8)54(20-10)68(55)74-61/h31,38-44,71-72H,11-26,32-33H2,1-10H3. The lowest BCUT2D eigenvalue weighted by molar-refractivity contribution is 0.667. The number of nitrogens with zero attached hydrogens (tertiary/aromatic N) is 4. The number of aromatic nitrogens is 6. The molecule has 6 aromatic heterocycles. The second kappa shape index (κ2) is 26.9. The number of thiophene rings is 2. The van der Waals surface area contributed by atoms with Gasteiger partial charge < -0.3 is 9.97 Å². The van der Waals surface area contributed by atoms with Gasteiger partial charge in [0.05, 0.1) is 38.1 Å². The van der Waals surface area contributed by atoms with Crippen molar-refractivity contribution in [2.45, 2.75) is 185 Å². The molecule has 0 aromatic carbocycles. The summed E-state index contributed by atoms with van der Waals surface area (Å²) in [5, 5.41) is 0. The number of nitrogens with one attached hydrogen (secondary N) is 2. The number of rotatable bonds is 19. The number of H-pyrrole nitrogens is 2. The van der Waals surface area contributed by atoms with Crippen molar-refractivity contribution in [2.75, 3.05) is 0 Å². The SMILES string of the molecule is CCCCCCc1cc(-c2cc(CCCCCC)c(C#CC#Cc3c4nc(cc5[nH]c(cc6[nH]c(cc7nc3C(CC)=C7CC)c(CC)c6CC)c(CC)c5CC)C(CC)=C4CC)s2)sc1C#CC#Cc1ncccn1. The zero-order valence-corrected chi connectivity index (χ0v) is 48.6. The Morgan fingerprint density at radius 2 is 0.829 bits per heavy atom. The predicted molar refractivity (Wildman–Crippen MR) is 326 cm³/mol. The summed E-state index contributed by atoms with van der Waals surface area (Å²) in [6, 6.07) is 13.5. The van der Waals surface area contributed by atoms with Gasteiger partial charge in [-0.2, -0.15) is 0 Å². The molecule has 0 fully saturated rings. The number of hydrogen-bond acceptors (Lipinski definition) is 6. The van der Waals surface area contributed by atoms with Gasteiger partial charge in [0.25, 0.3) is 0 Å². The van der Waals surface area contributed by atoms with Crippen molar-refractivity contribution in [3.8, 4) is 57.1 Å². The van der Waals surface area contributed by atoms with E-state index in [4.69, 9.17) is 9.97 Å². The molecule has 2 aliphatic heterocycles. The first-order valence-corrected chi connectivity index (χ1v) is 30.2. The van der Waals surface area contributed by atoms with E-state index in [1.54, 1.807) is 41.1 Å². The summed E-state index contributed by atoms with van der Waals surface area (Å²) in [5.74, 6) is 27.2. The molecule has 6 nitrogen and oxygen atoms in total. The van der Waals surface area contributed by atoms with Crippen LogP contribution in [0.15, 0.2) is 48.8 Å². The maximum absolute atomic E-state index is 5.62. The Morgan fingerprint density at radius 3 is 1.24 bits per heavy atom. The Bertz CT molecular complexity index is 3450. The van der Waals surface area contributed by atoms with Crippen molar-refractivity contribution in [1.82, 2.24) is 29.9 Å². The molecule has 390 valence electrons. The van der Waals surface area contributed by atoms with E-state index in [1.807, 2.05) is 0 Å². The summed E-state index contributed by atoms with van der Waals surface area (Å²) in [6.07, 6.45) is 22.1. The first kappa shape index (κ1) is 55.5. The third-order valence-corrected chi connectivity index (χ3v) is 17.3. The second-order valence-electron chi connectivity index (χ2n) is 19.7. The molecule has 0 aliphatic carbocycles. The van der Waals surface area contributed by atoms with E-state index in [-0.39, 0.29) is 0 Å². The van der Waals surface area contributed by atoms with Gasteiger partial charge in [-0.3, -0.25) is 0 Å². The quantitative estimate of drug-likeness (QED) is 0.0625. The van der Waals surface area contributed by atoms with E-state index in [1.165, 1.54) is 115 Å². The van der Waals surface area contributed by atoms with Crippen LogP contribution in [-0.4, -0.2) is 29.9 Å². The summed E-state index contributed by atoms with van der Waals surface area (Å²) in [4.78, 5) is 32.2. The van der Waals surface area contributed by atoms with E-state index in [0.29, 0.717) is 5.82 Å². The molecule has 0 saturated heterocycles. The molecule has 8 heteroatoms. The number of unbranched alkanes of at least 4 members (excludes halogenated alkanes) is 6. The number of aromatic amines is 2. The lowest BCUT2D eigenvalue weighted by Gasteiger charge is -2.08. The molecule has 2 N–H and O–H groups in total. The van der Waals surface area contributed by atoms with Gasteiger partial charge in [-0.15, -0.1) is 22.7 Å². The molecule has 0 unspecified atom stereocenters. The summed E-state index contributed by atoms with van der Waals surface area (Å²) in [6.45, 7) is 22.7. The molecule has 6 aromatic rings. The Labute approximate surface area is 462 Å². The molecule has 8 heterocycles. The molecule has 0 atom stereocenters. The van der Waals surface area contributed by atoms with Crippen LogP contribution in [0.3, 0.4) is 0 Å². The fourth-order valence-corrected chi connectivity index (χ4v) is 13.4. The van der Waals surface area contributed by atoms with E-state index < -0.39 is 0 Å². The van der Waals surface area contributed by atoms with Crippen molar-refractivity contribution in [1.29, 1.82) is 0 Å². The molecule has 0 amide bonds. The highest BCUT2D eigenvalue weighted by atomic mass is 32.1. The summed E-state index contributed by atoms with van der Waals surface area (Å²) >= 11 is 3.55. The molecule has 0 saturated carbocycles. The number of fused-ring (bicyclic) bond motifs is 8. The minimum Gasteiger partial charge on any atom is -0.355 e. The normalized spacial score (nSPS) is 12.0. The van der Waals surface area contributed by atoms with Crippen LogP contribution >= 0.6 is 22.7 Å². The Balaban J connectivity index is 1.32. The van der Waals surface area contributed by atoms with Crippen LogP contribution in [0.25, 0.3) is 54.1 Å². The zero-order chi connectivity index (χ0) is 53.6. The van der Waals surface area contributed by atoms with Crippen molar-refractivity contribution in [3.05, 3.63) is 126 Å². The molecular weight excluding hydrogens is 965 g/mol. The average Bonchev–Trinajstić information content (AvgIpc) is 4.31. The van der Waals surface area contributed by atoms with E-state index in [2.05, 4.69) is 167 Å². The van der Waals surface area contributed by atoms with Gasteiger partial charge in [0, 0.05) is 44.2 Å². The van der Waals surface area contributed by atoms with Gasteiger partial charge in [-0.25, -0.2) is 19.9 Å². The maximum Gasteiger partial charge on any atom is 0.205 e. The molecule has 0 spiro atoms. The van der Waals surface area contributed by atoms with Gasteiger partial charge in [0.15, 0.2) is 0 Å². The van der Waals surface area contributed by atoms with Crippen LogP contribution in [0.5, 0.6) is 0 Å². The van der Waals surface area contributed by atoms with Gasteiger partial charge >= 0.3 is 0 Å². The average molecular weight is 1040 g/mol. The minimum absolute atomic E-state index is 0.480. The van der Waals surface area contributed by atoms with E-state index >= 15 is 0 Å². The zero-order valence-electron chi connectivity index (χ0n) is 47.0. The third kappa shape index (κ3) is 12.3. The fraction of sp³-hybridized carbons (Fsp3) is 0.412. The third-order valence-electron chi connectivity index (χ3n) is 15.0. The van der Waals surface area contributed by atoms with Crippen LogP contribution < -0.4 is 0 Å². The lowest BCUT2D eigenvalue weighted by atomic mass is 9.94. The van der Waals surface area contributed by atoms with E-state index in [0.717, 1.165) is 126 Å². The van der Waals surface area contributed by atoms with Crippen molar-refractivity contribution < 1.29 is 0 Å². The Morgan fingerprint density at radius 1 is 0.421 bits per heavy atom. The highest BCUT2D eigenvalue weighted by Gasteiger charge is 2.27. The highest BCUT2D eigenvalue weighted by molar-refractivity contribution is 7.22. The van der Waals surface area contributed by atoms with Crippen molar-refractivity contribution >= 4 is 67.0 Å². The maximum atomic E-state index is 5.62. The molecule has 8 bridgehead atoms. The van der Waals surface area contributed by atoms with Crippen LogP contribution in [0, 0.1) is 47.4 Å².